The van der Waals surface area contributed by atoms with Gasteiger partial charge < -0.3 is 10.6 Å². The summed E-state index contributed by atoms with van der Waals surface area (Å²) in [6.45, 7) is 4.17. The lowest BCUT2D eigenvalue weighted by molar-refractivity contribution is 0.852. The van der Waals surface area contributed by atoms with Crippen molar-refractivity contribution in [2.45, 2.75) is 19.9 Å². The van der Waals surface area contributed by atoms with Crippen LogP contribution in [0.25, 0.3) is 5.65 Å². The van der Waals surface area contributed by atoms with Gasteiger partial charge in [0.15, 0.2) is 5.65 Å². The Balaban J connectivity index is 1.98. The summed E-state index contributed by atoms with van der Waals surface area (Å²) in [6, 6.07) is 11.7. The number of nitrogens with zero attached hydrogens (tertiary/aromatic N) is 3. The van der Waals surface area contributed by atoms with E-state index < -0.39 is 0 Å². The first-order valence-corrected chi connectivity index (χ1v) is 7.13. The summed E-state index contributed by atoms with van der Waals surface area (Å²) in [7, 11) is 0. The number of benzene rings is 1. The predicted molar refractivity (Wildman–Crippen MR) is 86.5 cm³/mol. The van der Waals surface area contributed by atoms with E-state index in [1.54, 1.807) is 10.7 Å². The van der Waals surface area contributed by atoms with E-state index in [4.69, 9.17) is 11.6 Å². The number of hydrogen-bond acceptors (Lipinski definition) is 4. The normalized spacial score (nSPS) is 11.0. The minimum Gasteiger partial charge on any atom is -0.368 e. The molecule has 1 aromatic carbocycles. The average molecular weight is 302 g/mol. The fourth-order valence-corrected chi connectivity index (χ4v) is 2.28. The summed E-state index contributed by atoms with van der Waals surface area (Å²) in [6.07, 6.45) is 1.73. The molecule has 0 atom stereocenters. The van der Waals surface area contributed by atoms with Gasteiger partial charge in [-0.2, -0.15) is 9.61 Å². The summed E-state index contributed by atoms with van der Waals surface area (Å²) >= 11 is 6.00. The highest BCUT2D eigenvalue weighted by Crippen LogP contribution is 2.22. The van der Waals surface area contributed by atoms with Crippen molar-refractivity contribution in [3.8, 4) is 0 Å². The van der Waals surface area contributed by atoms with E-state index in [-0.39, 0.29) is 0 Å². The molecule has 21 heavy (non-hydrogen) atoms. The van der Waals surface area contributed by atoms with Gasteiger partial charge >= 0.3 is 0 Å². The Bertz CT molecular complexity index is 766. The second-order valence-corrected chi connectivity index (χ2v) is 5.50. The third kappa shape index (κ3) is 3.08. The van der Waals surface area contributed by atoms with E-state index in [1.807, 2.05) is 36.4 Å². The summed E-state index contributed by atoms with van der Waals surface area (Å²) in [5.74, 6) is 1.64. The standard InChI is InChI=1S/C15H16ClN5/c1-10(2)18-15-9-13(20-14-6-7-17-21(14)15)19-12-5-3-4-11(16)8-12/h3-10,18H,1-2H3,(H,19,20). The van der Waals surface area contributed by atoms with Crippen molar-refractivity contribution >= 4 is 34.6 Å². The summed E-state index contributed by atoms with van der Waals surface area (Å²) in [5, 5.41) is 11.6. The number of fused-ring (bicyclic) bond motifs is 1. The molecule has 0 aliphatic rings. The molecule has 108 valence electrons. The van der Waals surface area contributed by atoms with E-state index in [9.17, 15) is 0 Å². The summed E-state index contributed by atoms with van der Waals surface area (Å²) in [5.41, 5.74) is 1.68. The first-order valence-electron chi connectivity index (χ1n) is 6.76. The summed E-state index contributed by atoms with van der Waals surface area (Å²) in [4.78, 5) is 4.53. The maximum absolute atomic E-state index is 6.00. The molecule has 0 saturated carbocycles. The van der Waals surface area contributed by atoms with Crippen molar-refractivity contribution in [3.05, 3.63) is 47.6 Å². The Hall–Kier alpha value is -2.27. The van der Waals surface area contributed by atoms with Gasteiger partial charge in [0.1, 0.15) is 11.6 Å². The first kappa shape index (κ1) is 13.7. The van der Waals surface area contributed by atoms with Gasteiger partial charge in [0, 0.05) is 28.9 Å². The van der Waals surface area contributed by atoms with Gasteiger partial charge in [-0.15, -0.1) is 0 Å². The highest BCUT2D eigenvalue weighted by molar-refractivity contribution is 6.30. The molecule has 0 aliphatic heterocycles. The predicted octanol–water partition coefficient (Wildman–Crippen LogP) is 3.95. The molecule has 3 aromatic rings. The molecule has 0 bridgehead atoms. The number of nitrogens with one attached hydrogen (secondary N) is 2. The van der Waals surface area contributed by atoms with Crippen LogP contribution in [0.15, 0.2) is 42.6 Å². The lowest BCUT2D eigenvalue weighted by Gasteiger charge is -2.13. The molecule has 0 amide bonds. The van der Waals surface area contributed by atoms with Gasteiger partial charge in [-0.05, 0) is 32.0 Å². The van der Waals surface area contributed by atoms with Crippen LogP contribution in [-0.4, -0.2) is 20.6 Å². The Labute approximate surface area is 128 Å². The SMILES string of the molecule is CC(C)Nc1cc(Nc2cccc(Cl)c2)nc2ccnn12. The fourth-order valence-electron chi connectivity index (χ4n) is 2.09. The van der Waals surface area contributed by atoms with Crippen LogP contribution in [0.2, 0.25) is 5.02 Å². The number of anilines is 3. The van der Waals surface area contributed by atoms with Crippen LogP contribution in [0.1, 0.15) is 13.8 Å². The topological polar surface area (TPSA) is 54.2 Å². The average Bonchev–Trinajstić information content (AvgIpc) is 2.86. The van der Waals surface area contributed by atoms with Crippen LogP contribution >= 0.6 is 11.6 Å². The highest BCUT2D eigenvalue weighted by Gasteiger charge is 2.07. The summed E-state index contributed by atoms with van der Waals surface area (Å²) < 4.78 is 1.78. The smallest absolute Gasteiger partial charge is 0.159 e. The van der Waals surface area contributed by atoms with Crippen molar-refractivity contribution in [2.75, 3.05) is 10.6 Å². The molecule has 2 heterocycles. The second kappa shape index (κ2) is 5.61. The van der Waals surface area contributed by atoms with Crippen LogP contribution in [0.3, 0.4) is 0 Å². The molecular formula is C15H16ClN5. The number of halogens is 1. The van der Waals surface area contributed by atoms with Crippen LogP contribution in [0, 0.1) is 0 Å². The molecule has 2 N–H and O–H groups in total. The Morgan fingerprint density at radius 3 is 2.81 bits per heavy atom. The molecule has 0 saturated heterocycles. The quantitative estimate of drug-likeness (QED) is 0.766. The minimum atomic E-state index is 0.304. The van der Waals surface area contributed by atoms with Crippen molar-refractivity contribution < 1.29 is 0 Å². The van der Waals surface area contributed by atoms with Crippen molar-refractivity contribution in [2.24, 2.45) is 0 Å². The van der Waals surface area contributed by atoms with Gasteiger partial charge in [-0.3, -0.25) is 0 Å². The van der Waals surface area contributed by atoms with Crippen LogP contribution in [0.4, 0.5) is 17.3 Å². The Kier molecular flexibility index (Phi) is 3.66. The Morgan fingerprint density at radius 2 is 2.05 bits per heavy atom. The zero-order valence-electron chi connectivity index (χ0n) is 11.8. The molecule has 2 aromatic heterocycles. The van der Waals surface area contributed by atoms with Gasteiger partial charge in [-0.25, -0.2) is 4.98 Å². The molecule has 0 spiro atoms. The molecular weight excluding hydrogens is 286 g/mol. The van der Waals surface area contributed by atoms with Gasteiger partial charge in [-0.1, -0.05) is 17.7 Å². The van der Waals surface area contributed by atoms with Crippen LogP contribution < -0.4 is 10.6 Å². The molecule has 0 aliphatic carbocycles. The molecule has 0 fully saturated rings. The molecule has 0 unspecified atom stereocenters. The maximum atomic E-state index is 6.00. The first-order chi connectivity index (χ1) is 10.1. The van der Waals surface area contributed by atoms with Crippen LogP contribution in [-0.2, 0) is 0 Å². The largest absolute Gasteiger partial charge is 0.368 e. The van der Waals surface area contributed by atoms with E-state index in [0.29, 0.717) is 11.1 Å². The molecule has 3 rings (SSSR count). The molecule has 0 radical (unpaired) electrons. The third-order valence-electron chi connectivity index (χ3n) is 2.89. The van der Waals surface area contributed by atoms with E-state index in [0.717, 1.165) is 23.0 Å². The van der Waals surface area contributed by atoms with E-state index in [2.05, 4.69) is 34.6 Å². The van der Waals surface area contributed by atoms with Gasteiger partial charge in [0.2, 0.25) is 0 Å². The van der Waals surface area contributed by atoms with Gasteiger partial charge in [0.05, 0.1) is 6.20 Å². The minimum absolute atomic E-state index is 0.304. The fraction of sp³-hybridized carbons (Fsp3) is 0.200. The number of rotatable bonds is 4. The van der Waals surface area contributed by atoms with Gasteiger partial charge in [0.25, 0.3) is 0 Å². The lowest BCUT2D eigenvalue weighted by Crippen LogP contribution is -2.14. The third-order valence-corrected chi connectivity index (χ3v) is 3.13. The Morgan fingerprint density at radius 1 is 1.19 bits per heavy atom. The molecule has 6 heteroatoms. The number of aromatic nitrogens is 3. The second-order valence-electron chi connectivity index (χ2n) is 5.06. The zero-order chi connectivity index (χ0) is 14.8. The van der Waals surface area contributed by atoms with Crippen molar-refractivity contribution in [1.82, 2.24) is 14.6 Å². The van der Waals surface area contributed by atoms with Crippen molar-refractivity contribution in [3.63, 3.8) is 0 Å². The maximum Gasteiger partial charge on any atom is 0.159 e. The van der Waals surface area contributed by atoms with E-state index >= 15 is 0 Å². The van der Waals surface area contributed by atoms with Crippen LogP contribution in [0.5, 0.6) is 0 Å². The highest BCUT2D eigenvalue weighted by atomic mass is 35.5. The number of hydrogen-bond donors (Lipinski definition) is 2. The van der Waals surface area contributed by atoms with Crippen molar-refractivity contribution in [1.29, 1.82) is 0 Å². The van der Waals surface area contributed by atoms with E-state index in [1.165, 1.54) is 0 Å². The monoisotopic (exact) mass is 301 g/mol. The zero-order valence-corrected chi connectivity index (χ0v) is 12.6. The lowest BCUT2D eigenvalue weighted by atomic mass is 10.3. The molecule has 5 nitrogen and oxygen atoms in total.